The quantitative estimate of drug-likeness (QED) is 0.133. The van der Waals surface area contributed by atoms with Gasteiger partial charge in [0.05, 0.1) is 18.8 Å². The Hall–Kier alpha value is -2.57. The lowest BCUT2D eigenvalue weighted by molar-refractivity contribution is -0.223. The molecule has 3 saturated carbocycles. The Morgan fingerprint density at radius 1 is 0.844 bits per heavy atom. The van der Waals surface area contributed by atoms with Crippen molar-refractivity contribution in [2.75, 3.05) is 6.79 Å². The number of hydrogen-bond donors (Lipinski definition) is 0. The van der Waals surface area contributed by atoms with Crippen LogP contribution in [0.4, 0.5) is 0 Å². The summed E-state index contributed by atoms with van der Waals surface area (Å²) in [5.74, 6) is 1.04. The number of hydrogen-bond acceptors (Lipinski definition) is 4. The van der Waals surface area contributed by atoms with Crippen LogP contribution in [0.2, 0.25) is 0 Å². The summed E-state index contributed by atoms with van der Waals surface area (Å²) in [6, 6.07) is 31.8. The molecule has 0 aliphatic heterocycles. The highest BCUT2D eigenvalue weighted by Crippen LogP contribution is 2.68. The summed E-state index contributed by atoms with van der Waals surface area (Å²) in [4.78, 5) is 14.2. The Morgan fingerprint density at radius 3 is 2.04 bits per heavy atom. The third-order valence-corrected chi connectivity index (χ3v) is 14.7. The number of rotatable bonds is 10. The number of carbonyl (C=O) groups excluding carboxylic acids is 1. The van der Waals surface area contributed by atoms with Crippen LogP contribution < -0.4 is 10.4 Å². The summed E-state index contributed by atoms with van der Waals surface area (Å²) in [7, 11) is -1.59. The van der Waals surface area contributed by atoms with E-state index in [9.17, 15) is 4.79 Å². The van der Waals surface area contributed by atoms with E-state index < -0.39 is 9.04 Å². The van der Waals surface area contributed by atoms with Crippen LogP contribution in [-0.2, 0) is 25.3 Å². The van der Waals surface area contributed by atoms with Gasteiger partial charge in [0.15, 0.2) is 0 Å². The summed E-state index contributed by atoms with van der Waals surface area (Å²) >= 11 is 0. The largest absolute Gasteiger partial charge is 0.404 e. The van der Waals surface area contributed by atoms with Crippen molar-refractivity contribution in [3.05, 3.63) is 96.6 Å². The zero-order valence-electron chi connectivity index (χ0n) is 27.8. The normalized spacial score (nSPS) is 34.7. The van der Waals surface area contributed by atoms with Gasteiger partial charge in [0.1, 0.15) is 12.6 Å². The summed E-state index contributed by atoms with van der Waals surface area (Å²) in [6.07, 6.45) is 5.51. The monoisotopic (exact) mass is 623 g/mol. The zero-order chi connectivity index (χ0) is 31.7. The maximum Gasteiger partial charge on any atom is 0.283 e. The Balaban J connectivity index is 1.40. The van der Waals surface area contributed by atoms with Gasteiger partial charge in [0.2, 0.25) is 0 Å². The molecule has 3 aliphatic rings. The lowest BCUT2D eigenvalue weighted by Gasteiger charge is -2.63. The van der Waals surface area contributed by atoms with Crippen LogP contribution in [-0.4, -0.2) is 33.8 Å². The van der Waals surface area contributed by atoms with E-state index in [2.05, 4.69) is 107 Å². The van der Waals surface area contributed by atoms with Gasteiger partial charge in [0.25, 0.3) is 9.04 Å². The molecule has 3 aliphatic carbocycles. The molecule has 0 N–H and O–H groups in total. The SMILES string of the molecule is CC[C@]1(C)C[C@@H](O[Si](c2ccccc2)c2ccccc2)[C@@]2(C)C3C(=O)CC[C@@]3(CC[C@H]2C)[C@H](C)[C@@H]1OCOCc1ccccc1. The molecule has 3 aromatic rings. The number of Topliss-reactive ketones (excluding diaryl/α,β-unsaturated/α-hetero) is 1. The van der Waals surface area contributed by atoms with Gasteiger partial charge in [-0.2, -0.15) is 0 Å². The van der Waals surface area contributed by atoms with Gasteiger partial charge in [-0.3, -0.25) is 4.79 Å². The van der Waals surface area contributed by atoms with Crippen molar-refractivity contribution in [1.82, 2.24) is 0 Å². The van der Waals surface area contributed by atoms with Crippen molar-refractivity contribution >= 4 is 25.2 Å². The molecule has 4 nitrogen and oxygen atoms in total. The zero-order valence-corrected chi connectivity index (χ0v) is 28.8. The maximum atomic E-state index is 14.2. The average Bonchev–Trinajstić information content (AvgIpc) is 3.43. The van der Waals surface area contributed by atoms with E-state index >= 15 is 0 Å². The number of benzene rings is 3. The molecular formula is C40H51O4Si. The minimum absolute atomic E-state index is 0.0266. The molecule has 2 bridgehead atoms. The molecule has 45 heavy (non-hydrogen) atoms. The fourth-order valence-corrected chi connectivity index (χ4v) is 11.7. The molecule has 3 fully saturated rings. The van der Waals surface area contributed by atoms with Crippen molar-refractivity contribution in [3.8, 4) is 0 Å². The number of carbonyl (C=O) groups is 1. The van der Waals surface area contributed by atoms with E-state index in [-0.39, 0.29) is 47.1 Å². The van der Waals surface area contributed by atoms with Gasteiger partial charge >= 0.3 is 0 Å². The Kier molecular flexibility index (Phi) is 9.55. The summed E-state index contributed by atoms with van der Waals surface area (Å²) in [6.45, 7) is 12.7. The second-order valence-corrected chi connectivity index (χ2v) is 16.7. The molecule has 8 atom stereocenters. The van der Waals surface area contributed by atoms with Gasteiger partial charge < -0.3 is 13.9 Å². The first kappa shape index (κ1) is 32.4. The molecular weight excluding hydrogens is 573 g/mol. The van der Waals surface area contributed by atoms with Gasteiger partial charge in [-0.15, -0.1) is 0 Å². The molecule has 0 saturated heterocycles. The standard InChI is InChI=1S/C40H51O4Si/c1-6-38(4)26-35(44-45(32-18-12-8-13-19-32)33-20-14-9-15-21-33)39(5)29(2)22-24-40(25-23-34(41)36(39)40)30(3)37(38)43-28-42-27-31-16-10-7-11-17-31/h7-21,29-30,35-37H,6,22-28H2,1-5H3/t29-,30-,35-,36?,37+,38-,39+,40+/m1/s1. The molecule has 3 aromatic carbocycles. The molecule has 1 radical (unpaired) electrons. The first-order valence-corrected chi connectivity index (χ1v) is 18.5. The van der Waals surface area contributed by atoms with Gasteiger partial charge in [-0.05, 0) is 70.7 Å². The fourth-order valence-electron chi connectivity index (χ4n) is 9.51. The van der Waals surface area contributed by atoms with Gasteiger partial charge in [0, 0.05) is 17.8 Å². The van der Waals surface area contributed by atoms with Crippen LogP contribution in [0.25, 0.3) is 0 Å². The molecule has 0 heterocycles. The van der Waals surface area contributed by atoms with Crippen LogP contribution >= 0.6 is 0 Å². The van der Waals surface area contributed by atoms with Crippen molar-refractivity contribution in [1.29, 1.82) is 0 Å². The Morgan fingerprint density at radius 2 is 1.44 bits per heavy atom. The van der Waals surface area contributed by atoms with Crippen molar-refractivity contribution in [2.45, 2.75) is 92.0 Å². The highest BCUT2D eigenvalue weighted by molar-refractivity contribution is 6.80. The van der Waals surface area contributed by atoms with Crippen LogP contribution in [0.1, 0.15) is 78.7 Å². The van der Waals surface area contributed by atoms with Crippen LogP contribution in [0, 0.1) is 34.0 Å². The predicted octanol–water partition coefficient (Wildman–Crippen LogP) is 7.59. The summed E-state index contributed by atoms with van der Waals surface area (Å²) < 4.78 is 20.7. The summed E-state index contributed by atoms with van der Waals surface area (Å²) in [5, 5.41) is 2.50. The minimum atomic E-state index is -1.59. The third-order valence-electron chi connectivity index (χ3n) is 12.4. The highest BCUT2D eigenvalue weighted by atomic mass is 28.3. The number of ketones is 1. The van der Waals surface area contributed by atoms with Crippen molar-refractivity contribution in [3.63, 3.8) is 0 Å². The van der Waals surface area contributed by atoms with E-state index in [1.54, 1.807) is 0 Å². The second kappa shape index (κ2) is 13.3. The first-order chi connectivity index (χ1) is 21.7. The smallest absolute Gasteiger partial charge is 0.283 e. The second-order valence-electron chi connectivity index (χ2n) is 14.6. The van der Waals surface area contributed by atoms with E-state index in [0.29, 0.717) is 24.7 Å². The lowest BCUT2D eigenvalue weighted by Crippen LogP contribution is -2.65. The van der Waals surface area contributed by atoms with E-state index in [0.717, 1.165) is 37.7 Å². The minimum Gasteiger partial charge on any atom is -0.404 e. The van der Waals surface area contributed by atoms with E-state index in [1.165, 1.54) is 10.4 Å². The molecule has 0 aromatic heterocycles. The fraction of sp³-hybridized carbons (Fsp3) is 0.525. The molecule has 239 valence electrons. The predicted molar refractivity (Wildman–Crippen MR) is 183 cm³/mol. The molecule has 5 heteroatoms. The summed E-state index contributed by atoms with van der Waals surface area (Å²) in [5.41, 5.74) is 0.646. The number of ether oxygens (including phenoxy) is 2. The molecule has 0 spiro atoms. The van der Waals surface area contributed by atoms with Crippen LogP contribution in [0.3, 0.4) is 0 Å². The van der Waals surface area contributed by atoms with Crippen molar-refractivity contribution in [2.24, 2.45) is 34.0 Å². The third kappa shape index (κ3) is 5.91. The first-order valence-electron chi connectivity index (χ1n) is 17.1. The lowest BCUT2D eigenvalue weighted by atomic mass is 9.43. The van der Waals surface area contributed by atoms with Crippen LogP contribution in [0.15, 0.2) is 91.0 Å². The van der Waals surface area contributed by atoms with E-state index in [4.69, 9.17) is 13.9 Å². The molecule has 1 unspecified atom stereocenters. The average molecular weight is 624 g/mol. The molecule has 0 amide bonds. The van der Waals surface area contributed by atoms with Crippen LogP contribution in [0.5, 0.6) is 0 Å². The van der Waals surface area contributed by atoms with E-state index in [1.807, 2.05) is 18.2 Å². The molecule has 6 rings (SSSR count). The topological polar surface area (TPSA) is 44.8 Å². The Labute approximate surface area is 272 Å². The Bertz CT molecular complexity index is 1380. The maximum absolute atomic E-state index is 14.2. The highest BCUT2D eigenvalue weighted by Gasteiger charge is 2.68. The van der Waals surface area contributed by atoms with Crippen molar-refractivity contribution < 1.29 is 18.7 Å². The van der Waals surface area contributed by atoms with Gasteiger partial charge in [-0.1, -0.05) is 126 Å². The van der Waals surface area contributed by atoms with Gasteiger partial charge in [-0.25, -0.2) is 0 Å².